The van der Waals surface area contributed by atoms with Crippen LogP contribution in [-0.2, 0) is 22.4 Å². The van der Waals surface area contributed by atoms with Crippen LogP contribution in [0.5, 0.6) is 0 Å². The average molecular weight is 245 g/mol. The normalized spacial score (nSPS) is 0. The van der Waals surface area contributed by atoms with Crippen molar-refractivity contribution in [1.82, 2.24) is 0 Å². The van der Waals surface area contributed by atoms with Gasteiger partial charge in [0.2, 0.25) is 0 Å². The van der Waals surface area contributed by atoms with Crippen molar-refractivity contribution in [1.29, 1.82) is 0 Å². The quantitative estimate of drug-likeness (QED) is 0.402. The first-order chi connectivity index (χ1) is 0. The third kappa shape index (κ3) is 8.87. The molecule has 0 aromatic rings. The molecule has 0 aliphatic rings. The van der Waals surface area contributed by atoms with Gasteiger partial charge >= 0.3 is 70.2 Å². The molecule has 0 heterocycles. The van der Waals surface area contributed by atoms with E-state index < -0.39 is 0 Å². The molecule has 0 fully saturated rings. The van der Waals surface area contributed by atoms with Gasteiger partial charge in [-0.15, -0.1) is 0 Å². The van der Waals surface area contributed by atoms with Gasteiger partial charge < -0.3 is 5.48 Å². The van der Waals surface area contributed by atoms with E-state index in [0.717, 1.165) is 0 Å². The molecule has 1 nitrogen and oxygen atoms in total. The van der Waals surface area contributed by atoms with Gasteiger partial charge in [0.25, 0.3) is 0 Å². The molecular weight excluding hydrogens is 243 g/mol. The van der Waals surface area contributed by atoms with Gasteiger partial charge in [-0.05, 0) is 0 Å². The molecule has 0 aromatic heterocycles. The third-order valence-corrected chi connectivity index (χ3v) is 0. The second kappa shape index (κ2) is 16.8. The van der Waals surface area contributed by atoms with Gasteiger partial charge in [0.1, 0.15) is 0 Å². The topological polar surface area (TPSA) is 30.0 Å². The van der Waals surface area contributed by atoms with Gasteiger partial charge in [0.15, 0.2) is 0 Å². The van der Waals surface area contributed by atoms with E-state index in [1.54, 1.807) is 0 Å². The monoisotopic (exact) mass is 245 g/mol. The second-order valence-corrected chi connectivity index (χ2v) is 0. The van der Waals surface area contributed by atoms with E-state index in [2.05, 4.69) is 0 Å². The van der Waals surface area contributed by atoms with Crippen LogP contribution >= 0.6 is 0 Å². The van der Waals surface area contributed by atoms with Crippen molar-refractivity contribution in [3.8, 4) is 0 Å². The molecule has 0 bridgehead atoms. The summed E-state index contributed by atoms with van der Waals surface area (Å²) in [5, 5.41) is 0. The molecule has 4 heteroatoms. The van der Waals surface area contributed by atoms with Crippen LogP contribution in [0.1, 0.15) is 0 Å². The zero-order valence-corrected chi connectivity index (χ0v) is 8.23. The molecule has 0 atom stereocenters. The Morgan fingerprint density at radius 1 is 1.00 bits per heavy atom. The van der Waals surface area contributed by atoms with Crippen LogP contribution in [0.15, 0.2) is 0 Å². The van der Waals surface area contributed by atoms with Crippen molar-refractivity contribution in [2.45, 2.75) is 0 Å². The summed E-state index contributed by atoms with van der Waals surface area (Å²) in [5.74, 6) is 0. The molecular formula is H2KLiOTa. The summed E-state index contributed by atoms with van der Waals surface area (Å²) >= 11 is 0. The first kappa shape index (κ1) is 28.4. The summed E-state index contributed by atoms with van der Waals surface area (Å²) in [6.07, 6.45) is 0. The Morgan fingerprint density at radius 3 is 1.00 bits per heavy atom. The van der Waals surface area contributed by atoms with E-state index in [1.165, 1.54) is 0 Å². The summed E-state index contributed by atoms with van der Waals surface area (Å²) < 4.78 is 0. The molecule has 0 aliphatic heterocycles. The van der Waals surface area contributed by atoms with E-state index in [0.29, 0.717) is 0 Å². The van der Waals surface area contributed by atoms with Crippen molar-refractivity contribution < 1.29 is 79.2 Å². The van der Waals surface area contributed by atoms with Crippen molar-refractivity contribution in [3.63, 3.8) is 0 Å². The van der Waals surface area contributed by atoms with E-state index in [9.17, 15) is 0 Å². The SMILES string of the molecule is [K+].[LiH].[OH-].[Ta]. The van der Waals surface area contributed by atoms with Crippen molar-refractivity contribution in [3.05, 3.63) is 0 Å². The third-order valence-electron chi connectivity index (χ3n) is 0. The maximum Gasteiger partial charge on any atom is 0 e. The average Bonchev–Trinajstić information content (AvgIpc) is 0. The standard InChI is InChI=1S/K.Li.H2O.Ta.H/h;;1H2;;/q+1;;;;/p-1. The Hall–Kier alpha value is 2.93. The zero-order chi connectivity index (χ0) is 0. The summed E-state index contributed by atoms with van der Waals surface area (Å²) in [6, 6.07) is 0. The van der Waals surface area contributed by atoms with E-state index >= 15 is 0 Å². The minimum Gasteiger partial charge on any atom is -0.870 e. The molecule has 0 saturated carbocycles. The maximum absolute atomic E-state index is 0. The predicted molar refractivity (Wildman–Crippen MR) is 9.08 cm³/mol. The molecule has 15 valence electrons. The number of rotatable bonds is 0. The van der Waals surface area contributed by atoms with Crippen molar-refractivity contribution in [2.75, 3.05) is 0 Å². The Bertz CT molecular complexity index is 8.00. The molecule has 0 rings (SSSR count). The van der Waals surface area contributed by atoms with Gasteiger partial charge in [-0.2, -0.15) is 0 Å². The fourth-order valence-corrected chi connectivity index (χ4v) is 0. The predicted octanol–water partition coefficient (Wildman–Crippen LogP) is -3.82. The van der Waals surface area contributed by atoms with E-state index in [-0.39, 0.29) is 98.1 Å². The van der Waals surface area contributed by atoms with Crippen LogP contribution in [0.2, 0.25) is 0 Å². The first-order valence-corrected chi connectivity index (χ1v) is 0. The largest absolute Gasteiger partial charge is 0.870 e. The minimum absolute atomic E-state index is 0. The second-order valence-electron chi connectivity index (χ2n) is 0. The molecule has 0 amide bonds. The molecule has 0 spiro atoms. The number of hydrogen-bond donors (Lipinski definition) is 0. The molecule has 0 saturated heterocycles. The van der Waals surface area contributed by atoms with Gasteiger partial charge in [0.05, 0.1) is 0 Å². The van der Waals surface area contributed by atoms with Crippen LogP contribution in [0.3, 0.4) is 0 Å². The van der Waals surface area contributed by atoms with Crippen LogP contribution < -0.4 is 51.4 Å². The van der Waals surface area contributed by atoms with Crippen molar-refractivity contribution in [2.24, 2.45) is 0 Å². The fraction of sp³-hybridized carbons (Fsp3) is 0. The number of hydrogen-bond acceptors (Lipinski definition) is 1. The summed E-state index contributed by atoms with van der Waals surface area (Å²) in [7, 11) is 0. The van der Waals surface area contributed by atoms with Gasteiger partial charge in [-0.1, -0.05) is 0 Å². The van der Waals surface area contributed by atoms with E-state index in [4.69, 9.17) is 0 Å². The molecule has 0 unspecified atom stereocenters. The Kier molecular flexibility index (Phi) is 119. The Morgan fingerprint density at radius 2 is 1.00 bits per heavy atom. The molecule has 0 aromatic carbocycles. The summed E-state index contributed by atoms with van der Waals surface area (Å²) in [5.41, 5.74) is 0. The molecule has 4 heavy (non-hydrogen) atoms. The summed E-state index contributed by atoms with van der Waals surface area (Å²) in [4.78, 5) is 0. The zero-order valence-electron chi connectivity index (χ0n) is 1.89. The molecule has 1 radical (unpaired) electrons. The van der Waals surface area contributed by atoms with Gasteiger partial charge in [0, 0.05) is 22.4 Å². The van der Waals surface area contributed by atoms with Gasteiger partial charge in [-0.25, -0.2) is 0 Å². The fourth-order valence-electron chi connectivity index (χ4n) is 0. The van der Waals surface area contributed by atoms with Crippen LogP contribution in [0.25, 0.3) is 0 Å². The Balaban J connectivity index is 0. The Labute approximate surface area is 95.7 Å². The van der Waals surface area contributed by atoms with Crippen molar-refractivity contribution >= 4 is 18.9 Å². The molecule has 1 N–H and O–H groups in total. The minimum atomic E-state index is 0. The molecule has 0 aliphatic carbocycles. The van der Waals surface area contributed by atoms with Crippen LogP contribution in [-0.4, -0.2) is 24.3 Å². The smallest absolute Gasteiger partial charge is 0 e. The van der Waals surface area contributed by atoms with Crippen LogP contribution in [0.4, 0.5) is 0 Å². The summed E-state index contributed by atoms with van der Waals surface area (Å²) in [6.45, 7) is 0. The first-order valence-electron chi connectivity index (χ1n) is 0. The maximum atomic E-state index is 0. The van der Waals surface area contributed by atoms with E-state index in [1.807, 2.05) is 0 Å². The van der Waals surface area contributed by atoms with Gasteiger partial charge in [-0.3, -0.25) is 0 Å². The van der Waals surface area contributed by atoms with Crippen LogP contribution in [0, 0.1) is 0 Å².